The first-order valence-corrected chi connectivity index (χ1v) is 13.2. The molecule has 0 spiro atoms. The van der Waals surface area contributed by atoms with E-state index in [2.05, 4.69) is 15.6 Å². The molecule has 0 aliphatic heterocycles. The molecule has 8 nitrogen and oxygen atoms in total. The predicted molar refractivity (Wildman–Crippen MR) is 123 cm³/mol. The molecule has 2 rings (SSSR count). The Morgan fingerprint density at radius 3 is 2.48 bits per heavy atom. The molecule has 2 amide bonds. The van der Waals surface area contributed by atoms with Gasteiger partial charge in [-0.15, -0.1) is 0 Å². The van der Waals surface area contributed by atoms with Gasteiger partial charge in [-0.3, -0.25) is 4.98 Å². The van der Waals surface area contributed by atoms with Gasteiger partial charge in [0.05, 0.1) is 11.9 Å². The first-order valence-electron chi connectivity index (χ1n) is 11.5. The number of nitrogens with zero attached hydrogens (tertiary/aromatic N) is 1. The highest BCUT2D eigenvalue weighted by atomic mass is 32.2. The second-order valence-electron chi connectivity index (χ2n) is 8.46. The Morgan fingerprint density at radius 2 is 1.77 bits per heavy atom. The summed E-state index contributed by atoms with van der Waals surface area (Å²) in [4.78, 5) is 15.7. The molecule has 1 fully saturated rings. The minimum Gasteiger partial charge on any atom is -0.377 e. The highest BCUT2D eigenvalue weighted by molar-refractivity contribution is 7.89. The fourth-order valence-corrected chi connectivity index (χ4v) is 4.72. The number of urea groups is 1. The molecular formula is C22H38N4O4S. The second kappa shape index (κ2) is 14.4. The van der Waals surface area contributed by atoms with E-state index in [9.17, 15) is 13.2 Å². The third kappa shape index (κ3) is 12.7. The molecule has 1 saturated carbocycles. The number of amides is 2. The van der Waals surface area contributed by atoms with Gasteiger partial charge in [-0.1, -0.05) is 44.9 Å². The number of hydrogen-bond donors (Lipinski definition) is 3. The number of sulfonamides is 1. The third-order valence-corrected chi connectivity index (χ3v) is 6.47. The van der Waals surface area contributed by atoms with Gasteiger partial charge in [0.25, 0.3) is 0 Å². The maximum Gasteiger partial charge on any atom is 0.319 e. The van der Waals surface area contributed by atoms with Crippen LogP contribution in [0.5, 0.6) is 0 Å². The van der Waals surface area contributed by atoms with Gasteiger partial charge in [0.2, 0.25) is 10.0 Å². The predicted octanol–water partition coefficient (Wildman–Crippen LogP) is 3.80. The number of carbonyl (C=O) groups excluding carboxylic acids is 1. The molecule has 31 heavy (non-hydrogen) atoms. The van der Waals surface area contributed by atoms with Crippen molar-refractivity contribution in [2.75, 3.05) is 24.2 Å². The number of carbonyl (C=O) groups is 1. The van der Waals surface area contributed by atoms with Crippen LogP contribution >= 0.6 is 0 Å². The molecule has 176 valence electrons. The van der Waals surface area contributed by atoms with Gasteiger partial charge in [-0.2, -0.15) is 0 Å². The Kier molecular flexibility index (Phi) is 11.8. The first-order chi connectivity index (χ1) is 14.9. The average Bonchev–Trinajstić information content (AvgIpc) is 2.74. The van der Waals surface area contributed by atoms with Gasteiger partial charge in [0.1, 0.15) is 0 Å². The van der Waals surface area contributed by atoms with Crippen molar-refractivity contribution >= 4 is 21.7 Å². The SMILES string of the molecule is NS(=O)(=O)CC(CCCCCCCNC(=O)Nc1ccncc1)OCC1CCCCC1. The maximum absolute atomic E-state index is 11.8. The molecule has 1 aliphatic carbocycles. The zero-order valence-corrected chi connectivity index (χ0v) is 19.2. The van der Waals surface area contributed by atoms with Crippen LogP contribution in [0.2, 0.25) is 0 Å². The Hall–Kier alpha value is -1.71. The topological polar surface area (TPSA) is 123 Å². The molecule has 1 aliphatic rings. The van der Waals surface area contributed by atoms with E-state index in [0.717, 1.165) is 38.5 Å². The van der Waals surface area contributed by atoms with Crippen LogP contribution in [0.25, 0.3) is 0 Å². The number of rotatable bonds is 14. The molecule has 1 heterocycles. The Bertz CT molecular complexity index is 724. The van der Waals surface area contributed by atoms with Crippen molar-refractivity contribution in [3.63, 3.8) is 0 Å². The Morgan fingerprint density at radius 1 is 1.10 bits per heavy atom. The van der Waals surface area contributed by atoms with Crippen LogP contribution in [0, 0.1) is 5.92 Å². The molecular weight excluding hydrogens is 416 g/mol. The zero-order valence-electron chi connectivity index (χ0n) is 18.4. The summed E-state index contributed by atoms with van der Waals surface area (Å²) in [5, 5.41) is 10.9. The van der Waals surface area contributed by atoms with E-state index in [1.54, 1.807) is 24.5 Å². The highest BCUT2D eigenvalue weighted by Gasteiger charge is 2.20. The normalized spacial score (nSPS) is 16.0. The number of primary sulfonamides is 1. The molecule has 1 unspecified atom stereocenters. The standard InChI is InChI=1S/C22H38N4O4S/c23-31(28,29)18-21(30-17-19-9-5-4-6-10-19)11-7-2-1-3-8-14-25-22(27)26-20-12-15-24-16-13-20/h12-13,15-16,19,21H,1-11,14,17-18H2,(H2,23,28,29)(H2,24,25,26,27). The number of hydrogen-bond acceptors (Lipinski definition) is 5. The van der Waals surface area contributed by atoms with Gasteiger partial charge in [0.15, 0.2) is 0 Å². The quantitative estimate of drug-likeness (QED) is 0.369. The lowest BCUT2D eigenvalue weighted by Gasteiger charge is -2.24. The number of aromatic nitrogens is 1. The Labute approximate surface area is 186 Å². The molecule has 0 aromatic carbocycles. The fraction of sp³-hybridized carbons (Fsp3) is 0.727. The van der Waals surface area contributed by atoms with Crippen LogP contribution in [0.3, 0.4) is 0 Å². The minimum atomic E-state index is -3.54. The van der Waals surface area contributed by atoms with Crippen LogP contribution in [0.15, 0.2) is 24.5 Å². The van der Waals surface area contributed by atoms with Gasteiger partial charge in [-0.05, 0) is 43.7 Å². The molecule has 9 heteroatoms. The fourth-order valence-electron chi connectivity index (χ4n) is 3.94. The van der Waals surface area contributed by atoms with Crippen molar-refractivity contribution < 1.29 is 17.9 Å². The van der Waals surface area contributed by atoms with E-state index < -0.39 is 10.0 Å². The maximum atomic E-state index is 11.8. The summed E-state index contributed by atoms with van der Waals surface area (Å²) in [6, 6.07) is 3.26. The summed E-state index contributed by atoms with van der Waals surface area (Å²) >= 11 is 0. The van der Waals surface area contributed by atoms with E-state index in [0.29, 0.717) is 24.8 Å². The monoisotopic (exact) mass is 454 g/mol. The van der Waals surface area contributed by atoms with Gasteiger partial charge < -0.3 is 15.4 Å². The summed E-state index contributed by atoms with van der Waals surface area (Å²) in [6.07, 6.45) is 14.7. The minimum absolute atomic E-state index is 0.101. The van der Waals surface area contributed by atoms with Crippen LogP contribution in [0.4, 0.5) is 10.5 Å². The number of anilines is 1. The van der Waals surface area contributed by atoms with Crippen LogP contribution in [0.1, 0.15) is 70.6 Å². The van der Waals surface area contributed by atoms with Gasteiger partial charge in [-0.25, -0.2) is 18.4 Å². The lowest BCUT2D eigenvalue weighted by Crippen LogP contribution is -2.30. The van der Waals surface area contributed by atoms with Crippen molar-refractivity contribution in [2.24, 2.45) is 11.1 Å². The van der Waals surface area contributed by atoms with Crippen LogP contribution in [-0.2, 0) is 14.8 Å². The summed E-state index contributed by atoms with van der Waals surface area (Å²) in [7, 11) is -3.54. The van der Waals surface area contributed by atoms with Crippen molar-refractivity contribution in [1.82, 2.24) is 10.3 Å². The molecule has 1 aromatic heterocycles. The van der Waals surface area contributed by atoms with Gasteiger partial charge >= 0.3 is 6.03 Å². The number of nitrogens with one attached hydrogen (secondary N) is 2. The van der Waals surface area contributed by atoms with E-state index in [1.165, 1.54) is 32.1 Å². The van der Waals surface area contributed by atoms with Crippen molar-refractivity contribution in [2.45, 2.75) is 76.7 Å². The summed E-state index contributed by atoms with van der Waals surface area (Å²) in [6.45, 7) is 1.27. The molecule has 0 saturated heterocycles. The van der Waals surface area contributed by atoms with Crippen LogP contribution < -0.4 is 15.8 Å². The van der Waals surface area contributed by atoms with E-state index in [-0.39, 0.29) is 17.9 Å². The highest BCUT2D eigenvalue weighted by Crippen LogP contribution is 2.24. The lowest BCUT2D eigenvalue weighted by molar-refractivity contribution is 0.0271. The number of unbranched alkanes of at least 4 members (excludes halogenated alkanes) is 4. The summed E-state index contributed by atoms with van der Waals surface area (Å²) in [5.74, 6) is 0.455. The second-order valence-corrected chi connectivity index (χ2v) is 10.1. The third-order valence-electron chi connectivity index (χ3n) is 5.64. The molecule has 4 N–H and O–H groups in total. The number of pyridine rings is 1. The number of nitrogens with two attached hydrogens (primary N) is 1. The Balaban J connectivity index is 1.53. The molecule has 1 aromatic rings. The zero-order chi connectivity index (χ0) is 22.4. The molecule has 0 radical (unpaired) electrons. The van der Waals surface area contributed by atoms with Crippen molar-refractivity contribution in [3.8, 4) is 0 Å². The van der Waals surface area contributed by atoms with Crippen molar-refractivity contribution in [3.05, 3.63) is 24.5 Å². The molecule has 0 bridgehead atoms. The smallest absolute Gasteiger partial charge is 0.319 e. The number of ether oxygens (including phenoxy) is 1. The first kappa shape index (κ1) is 25.5. The largest absolute Gasteiger partial charge is 0.377 e. The van der Waals surface area contributed by atoms with E-state index in [4.69, 9.17) is 9.88 Å². The lowest BCUT2D eigenvalue weighted by atomic mass is 9.90. The van der Waals surface area contributed by atoms with Gasteiger partial charge in [0, 0.05) is 31.2 Å². The van der Waals surface area contributed by atoms with E-state index in [1.807, 2.05) is 0 Å². The van der Waals surface area contributed by atoms with Crippen molar-refractivity contribution in [1.29, 1.82) is 0 Å². The summed E-state index contributed by atoms with van der Waals surface area (Å²) < 4.78 is 29.0. The molecule has 1 atom stereocenters. The van der Waals surface area contributed by atoms with Crippen LogP contribution in [-0.4, -0.2) is 44.4 Å². The van der Waals surface area contributed by atoms with E-state index >= 15 is 0 Å². The summed E-state index contributed by atoms with van der Waals surface area (Å²) in [5.41, 5.74) is 0.715. The average molecular weight is 455 g/mol.